The largest absolute Gasteiger partial charge is 0.489 e. The van der Waals surface area contributed by atoms with Gasteiger partial charge in [0.25, 0.3) is 0 Å². The van der Waals surface area contributed by atoms with Crippen molar-refractivity contribution in [1.29, 1.82) is 0 Å². The highest BCUT2D eigenvalue weighted by molar-refractivity contribution is 6.31. The molecule has 2 aromatic rings. The van der Waals surface area contributed by atoms with Crippen LogP contribution in [0.15, 0.2) is 48.5 Å². The molecule has 3 N–H and O–H groups in total. The van der Waals surface area contributed by atoms with Gasteiger partial charge >= 0.3 is 0 Å². The fourth-order valence-corrected chi connectivity index (χ4v) is 2.88. The van der Waals surface area contributed by atoms with E-state index in [0.717, 1.165) is 16.9 Å². The molecule has 1 amide bonds. The minimum atomic E-state index is -0.0145. The van der Waals surface area contributed by atoms with Gasteiger partial charge in [-0.2, -0.15) is 0 Å². The Balaban J connectivity index is 1.50. The third kappa shape index (κ3) is 5.48. The Morgan fingerprint density at radius 2 is 2.04 bits per heavy atom. The minimum Gasteiger partial charge on any atom is -0.489 e. The summed E-state index contributed by atoms with van der Waals surface area (Å²) in [6, 6.07) is 15.2. The highest BCUT2D eigenvalue weighted by Crippen LogP contribution is 2.31. The van der Waals surface area contributed by atoms with Crippen LogP contribution in [-0.4, -0.2) is 18.5 Å². The van der Waals surface area contributed by atoms with E-state index >= 15 is 0 Å². The molecule has 25 heavy (non-hydrogen) atoms. The van der Waals surface area contributed by atoms with Crippen molar-refractivity contribution in [2.45, 2.75) is 31.9 Å². The molecule has 5 heteroatoms. The van der Waals surface area contributed by atoms with Gasteiger partial charge in [-0.3, -0.25) is 4.79 Å². The predicted octanol–water partition coefficient (Wildman–Crippen LogP) is 3.32. The second-order valence-corrected chi connectivity index (χ2v) is 6.92. The zero-order chi connectivity index (χ0) is 17.6. The summed E-state index contributed by atoms with van der Waals surface area (Å²) in [6.45, 7) is 0.942. The van der Waals surface area contributed by atoms with Crippen LogP contribution in [0.25, 0.3) is 0 Å². The van der Waals surface area contributed by atoms with Crippen molar-refractivity contribution in [1.82, 2.24) is 5.32 Å². The number of benzene rings is 2. The summed E-state index contributed by atoms with van der Waals surface area (Å²) < 4.78 is 5.80. The summed E-state index contributed by atoms with van der Waals surface area (Å²) in [7, 11) is 0. The van der Waals surface area contributed by atoms with Crippen LogP contribution in [0.2, 0.25) is 5.02 Å². The van der Waals surface area contributed by atoms with Gasteiger partial charge in [-0.15, -0.1) is 0 Å². The van der Waals surface area contributed by atoms with Crippen molar-refractivity contribution in [2.24, 2.45) is 11.7 Å². The minimum absolute atomic E-state index is 0.0145. The van der Waals surface area contributed by atoms with Gasteiger partial charge in [-0.05, 0) is 42.5 Å². The second kappa shape index (κ2) is 8.37. The van der Waals surface area contributed by atoms with Crippen LogP contribution in [0, 0.1) is 5.92 Å². The first kappa shape index (κ1) is 17.8. The summed E-state index contributed by atoms with van der Waals surface area (Å²) in [4.78, 5) is 12.1. The van der Waals surface area contributed by atoms with Crippen molar-refractivity contribution in [3.8, 4) is 5.75 Å². The van der Waals surface area contributed by atoms with E-state index in [1.807, 2.05) is 48.5 Å². The van der Waals surface area contributed by atoms with E-state index in [1.54, 1.807) is 0 Å². The first-order chi connectivity index (χ1) is 12.1. The molecule has 0 aliphatic heterocycles. The van der Waals surface area contributed by atoms with E-state index in [1.165, 1.54) is 12.8 Å². The predicted molar refractivity (Wildman–Crippen MR) is 99.6 cm³/mol. The summed E-state index contributed by atoms with van der Waals surface area (Å²) in [5.74, 6) is 1.29. The Morgan fingerprint density at radius 3 is 2.80 bits per heavy atom. The number of ether oxygens (including phenoxy) is 1. The van der Waals surface area contributed by atoms with Gasteiger partial charge in [0.2, 0.25) is 5.91 Å². The van der Waals surface area contributed by atoms with Gasteiger partial charge in [0.05, 0.1) is 6.42 Å². The molecule has 3 rings (SSSR count). The number of carbonyl (C=O) groups is 1. The van der Waals surface area contributed by atoms with Crippen LogP contribution >= 0.6 is 11.6 Å². The molecule has 0 saturated heterocycles. The number of hydrogen-bond donors (Lipinski definition) is 2. The summed E-state index contributed by atoms with van der Waals surface area (Å²) in [5.41, 5.74) is 7.85. The number of hydrogen-bond acceptors (Lipinski definition) is 3. The molecule has 1 saturated carbocycles. The highest BCUT2D eigenvalue weighted by atomic mass is 35.5. The molecule has 2 aromatic carbocycles. The zero-order valence-corrected chi connectivity index (χ0v) is 14.8. The Hall–Kier alpha value is -2.04. The highest BCUT2D eigenvalue weighted by Gasteiger charge is 2.28. The fraction of sp³-hybridized carbons (Fsp3) is 0.350. The lowest BCUT2D eigenvalue weighted by atomic mass is 10.1. The lowest BCUT2D eigenvalue weighted by Gasteiger charge is -2.12. The Kier molecular flexibility index (Phi) is 5.95. The monoisotopic (exact) mass is 358 g/mol. The van der Waals surface area contributed by atoms with Gasteiger partial charge in [-0.25, -0.2) is 0 Å². The van der Waals surface area contributed by atoms with Crippen molar-refractivity contribution < 1.29 is 9.53 Å². The number of halogens is 1. The van der Waals surface area contributed by atoms with E-state index in [4.69, 9.17) is 22.1 Å². The summed E-state index contributed by atoms with van der Waals surface area (Å²) in [6.07, 6.45) is 2.68. The molecule has 0 spiro atoms. The van der Waals surface area contributed by atoms with Crippen LogP contribution < -0.4 is 15.8 Å². The second-order valence-electron chi connectivity index (χ2n) is 6.51. The van der Waals surface area contributed by atoms with Gasteiger partial charge in [0.1, 0.15) is 12.4 Å². The molecular formula is C20H23ClN2O2. The van der Waals surface area contributed by atoms with Crippen molar-refractivity contribution in [3.05, 3.63) is 64.7 Å². The first-order valence-corrected chi connectivity index (χ1v) is 8.97. The molecule has 1 aliphatic carbocycles. The van der Waals surface area contributed by atoms with E-state index in [2.05, 4.69) is 5.32 Å². The maximum absolute atomic E-state index is 12.1. The molecule has 0 bridgehead atoms. The van der Waals surface area contributed by atoms with Crippen LogP contribution in [0.4, 0.5) is 0 Å². The fourth-order valence-electron chi connectivity index (χ4n) is 2.69. The number of nitrogens with one attached hydrogen (secondary N) is 1. The number of carbonyl (C=O) groups excluding carboxylic acids is 1. The van der Waals surface area contributed by atoms with Crippen LogP contribution in [0.1, 0.15) is 24.0 Å². The maximum atomic E-state index is 12.1. The molecule has 0 heterocycles. The lowest BCUT2D eigenvalue weighted by Crippen LogP contribution is -2.39. The topological polar surface area (TPSA) is 64.3 Å². The quantitative estimate of drug-likeness (QED) is 0.760. The lowest BCUT2D eigenvalue weighted by molar-refractivity contribution is -0.120. The van der Waals surface area contributed by atoms with E-state index in [-0.39, 0.29) is 11.9 Å². The molecule has 1 unspecified atom stereocenters. The first-order valence-electron chi connectivity index (χ1n) is 8.59. The van der Waals surface area contributed by atoms with Crippen molar-refractivity contribution in [2.75, 3.05) is 6.54 Å². The van der Waals surface area contributed by atoms with Gasteiger partial charge in [0, 0.05) is 23.2 Å². The maximum Gasteiger partial charge on any atom is 0.224 e. The van der Waals surface area contributed by atoms with Crippen LogP contribution in [-0.2, 0) is 17.8 Å². The number of amides is 1. The molecule has 1 aliphatic rings. The van der Waals surface area contributed by atoms with Crippen molar-refractivity contribution in [3.63, 3.8) is 0 Å². The molecular weight excluding hydrogens is 336 g/mol. The van der Waals surface area contributed by atoms with Gasteiger partial charge in [-0.1, -0.05) is 41.9 Å². The molecule has 0 aromatic heterocycles. The van der Waals surface area contributed by atoms with Gasteiger partial charge < -0.3 is 15.8 Å². The number of nitrogens with two attached hydrogens (primary N) is 1. The van der Waals surface area contributed by atoms with Crippen LogP contribution in [0.5, 0.6) is 5.75 Å². The Morgan fingerprint density at radius 1 is 1.24 bits per heavy atom. The summed E-state index contributed by atoms with van der Waals surface area (Å²) in [5, 5.41) is 3.60. The van der Waals surface area contributed by atoms with E-state index in [0.29, 0.717) is 30.5 Å². The Bertz CT molecular complexity index is 731. The average Bonchev–Trinajstić information content (AvgIpc) is 3.44. The van der Waals surface area contributed by atoms with Crippen molar-refractivity contribution >= 4 is 17.5 Å². The Labute approximate surface area is 153 Å². The third-order valence-electron chi connectivity index (χ3n) is 4.38. The molecule has 0 radical (unpaired) electrons. The number of rotatable bonds is 8. The smallest absolute Gasteiger partial charge is 0.224 e. The molecule has 1 fully saturated rings. The zero-order valence-electron chi connectivity index (χ0n) is 14.1. The SMILES string of the molecule is NC(CNC(=O)Cc1cccc(OCc2ccccc2Cl)c1)C1CC1. The average molecular weight is 359 g/mol. The molecule has 1 atom stereocenters. The molecule has 132 valence electrons. The van der Waals surface area contributed by atoms with E-state index < -0.39 is 0 Å². The third-order valence-corrected chi connectivity index (χ3v) is 4.75. The van der Waals surface area contributed by atoms with E-state index in [9.17, 15) is 4.79 Å². The summed E-state index contributed by atoms with van der Waals surface area (Å²) >= 11 is 6.13. The normalized spacial score (nSPS) is 14.8. The van der Waals surface area contributed by atoms with Gasteiger partial charge in [0.15, 0.2) is 0 Å². The molecule has 4 nitrogen and oxygen atoms in total. The van der Waals surface area contributed by atoms with Crippen LogP contribution in [0.3, 0.4) is 0 Å². The standard InChI is InChI=1S/C20H23ClN2O2/c21-18-7-2-1-5-16(18)13-25-17-6-3-4-14(10-17)11-20(24)23-12-19(22)15-8-9-15/h1-7,10,15,19H,8-9,11-13,22H2,(H,23,24).